The monoisotopic (exact) mass is 310 g/mol. The number of nitrogens with zero attached hydrogens (tertiary/aromatic N) is 1. The van der Waals surface area contributed by atoms with Crippen LogP contribution in [0, 0.1) is 0 Å². The van der Waals surface area contributed by atoms with Gasteiger partial charge in [-0.05, 0) is 37.1 Å². The molecule has 1 aromatic rings. The first kappa shape index (κ1) is 14.5. The van der Waals surface area contributed by atoms with Gasteiger partial charge in [-0.1, -0.05) is 6.92 Å². The molecular weight excluding hydrogens is 292 g/mol. The molecule has 1 saturated heterocycles. The van der Waals surface area contributed by atoms with E-state index >= 15 is 0 Å². The normalized spacial score (nSPS) is 24.3. The minimum absolute atomic E-state index is 0.121. The van der Waals surface area contributed by atoms with Crippen molar-refractivity contribution in [1.29, 1.82) is 0 Å². The maximum Gasteiger partial charge on any atom is 0.243 e. The van der Waals surface area contributed by atoms with Crippen LogP contribution in [-0.4, -0.2) is 42.4 Å². The molecule has 1 unspecified atom stereocenters. The summed E-state index contributed by atoms with van der Waals surface area (Å²) in [6, 6.07) is 4.67. The number of anilines is 1. The Hall–Kier alpha value is -1.44. The van der Waals surface area contributed by atoms with E-state index in [2.05, 4.69) is 5.32 Å². The Balaban J connectivity index is 1.90. The summed E-state index contributed by atoms with van der Waals surface area (Å²) < 4.78 is 26.3. The molecule has 2 heterocycles. The molecule has 1 amide bonds. The zero-order chi connectivity index (χ0) is 15.4. The van der Waals surface area contributed by atoms with Crippen molar-refractivity contribution >= 4 is 21.6 Å². The molecule has 2 N–H and O–H groups in total. The van der Waals surface area contributed by atoms with Crippen molar-refractivity contribution in [3.05, 3.63) is 23.8 Å². The number of β-amino-alcohol motifs (C(OH)–C–C–N with tert-alkyl or cyclic N) is 1. The highest BCUT2D eigenvalue weighted by molar-refractivity contribution is 7.89. The Morgan fingerprint density at radius 3 is 2.71 bits per heavy atom. The fourth-order valence-electron chi connectivity index (χ4n) is 2.71. The Bertz CT molecular complexity index is 708. The standard InChI is InChI=1S/C14H18N2O4S/c1-3-14(18)7-16(8-14)21(19,20)10-4-5-12-11(6-10)9(2)13(17)15-12/h4-6,9,18H,3,7-8H2,1-2H3,(H,15,17). The van der Waals surface area contributed by atoms with Gasteiger partial charge < -0.3 is 10.4 Å². The van der Waals surface area contributed by atoms with Gasteiger partial charge in [-0.2, -0.15) is 4.31 Å². The number of nitrogens with one attached hydrogen (secondary N) is 1. The minimum Gasteiger partial charge on any atom is -0.387 e. The maximum atomic E-state index is 12.5. The van der Waals surface area contributed by atoms with Crippen LogP contribution in [0.15, 0.2) is 23.1 Å². The van der Waals surface area contributed by atoms with Gasteiger partial charge in [-0.3, -0.25) is 4.79 Å². The smallest absolute Gasteiger partial charge is 0.243 e. The summed E-state index contributed by atoms with van der Waals surface area (Å²) in [6.45, 7) is 3.82. The van der Waals surface area contributed by atoms with E-state index in [1.54, 1.807) is 19.1 Å². The first-order valence-electron chi connectivity index (χ1n) is 6.94. The summed E-state index contributed by atoms with van der Waals surface area (Å²) >= 11 is 0. The third kappa shape index (κ3) is 2.16. The molecule has 114 valence electrons. The molecule has 2 aliphatic heterocycles. The second-order valence-corrected chi connectivity index (χ2v) is 7.75. The number of aliphatic hydroxyl groups is 1. The molecule has 7 heteroatoms. The highest BCUT2D eigenvalue weighted by atomic mass is 32.2. The summed E-state index contributed by atoms with van der Waals surface area (Å²) in [5.74, 6) is -0.469. The van der Waals surface area contributed by atoms with Gasteiger partial charge in [0.15, 0.2) is 0 Å². The largest absolute Gasteiger partial charge is 0.387 e. The second kappa shape index (κ2) is 4.53. The SMILES string of the molecule is CCC1(O)CN(S(=O)(=O)c2ccc3c(c2)C(C)C(=O)N3)C1. The van der Waals surface area contributed by atoms with E-state index in [-0.39, 0.29) is 29.8 Å². The number of carbonyl (C=O) groups is 1. The lowest BCUT2D eigenvalue weighted by molar-refractivity contribution is -0.116. The van der Waals surface area contributed by atoms with Crippen LogP contribution < -0.4 is 5.32 Å². The molecule has 0 radical (unpaired) electrons. The molecule has 1 aromatic carbocycles. The number of hydrogen-bond donors (Lipinski definition) is 2. The van der Waals surface area contributed by atoms with Crippen LogP contribution in [0.4, 0.5) is 5.69 Å². The Morgan fingerprint density at radius 1 is 1.43 bits per heavy atom. The highest BCUT2D eigenvalue weighted by Crippen LogP contribution is 2.36. The molecule has 6 nitrogen and oxygen atoms in total. The van der Waals surface area contributed by atoms with Crippen LogP contribution in [0.5, 0.6) is 0 Å². The molecule has 1 atom stereocenters. The molecule has 21 heavy (non-hydrogen) atoms. The average Bonchev–Trinajstić information content (AvgIpc) is 2.70. The zero-order valence-corrected chi connectivity index (χ0v) is 12.8. The fourth-order valence-corrected chi connectivity index (χ4v) is 4.34. The first-order chi connectivity index (χ1) is 9.77. The Morgan fingerprint density at radius 2 is 2.10 bits per heavy atom. The zero-order valence-electron chi connectivity index (χ0n) is 12.0. The molecule has 0 saturated carbocycles. The van der Waals surface area contributed by atoms with Gasteiger partial charge in [0.25, 0.3) is 0 Å². The number of fused-ring (bicyclic) bond motifs is 1. The Labute approximate surface area is 123 Å². The number of benzene rings is 1. The van der Waals surface area contributed by atoms with E-state index in [9.17, 15) is 18.3 Å². The quantitative estimate of drug-likeness (QED) is 0.868. The molecule has 0 bridgehead atoms. The predicted octanol–water partition coefficient (Wildman–Crippen LogP) is 0.888. The van der Waals surface area contributed by atoms with Crippen LogP contribution in [-0.2, 0) is 14.8 Å². The van der Waals surface area contributed by atoms with Gasteiger partial charge in [0.05, 0.1) is 16.4 Å². The molecule has 0 aromatic heterocycles. The van der Waals surface area contributed by atoms with Crippen molar-refractivity contribution in [3.8, 4) is 0 Å². The van der Waals surface area contributed by atoms with E-state index in [1.165, 1.54) is 10.4 Å². The van der Waals surface area contributed by atoms with E-state index in [1.807, 2.05) is 6.92 Å². The number of sulfonamides is 1. The summed E-state index contributed by atoms with van der Waals surface area (Å²) in [5.41, 5.74) is 0.460. The van der Waals surface area contributed by atoms with Crippen LogP contribution >= 0.6 is 0 Å². The fraction of sp³-hybridized carbons (Fsp3) is 0.500. The van der Waals surface area contributed by atoms with Crippen LogP contribution in [0.25, 0.3) is 0 Å². The van der Waals surface area contributed by atoms with Gasteiger partial charge in [0, 0.05) is 18.8 Å². The molecule has 0 spiro atoms. The van der Waals surface area contributed by atoms with Gasteiger partial charge >= 0.3 is 0 Å². The van der Waals surface area contributed by atoms with Crippen molar-refractivity contribution in [2.45, 2.75) is 36.7 Å². The summed E-state index contributed by atoms with van der Waals surface area (Å²) in [5, 5.41) is 12.7. The molecular formula is C14H18N2O4S. The van der Waals surface area contributed by atoms with E-state index < -0.39 is 15.6 Å². The van der Waals surface area contributed by atoms with Crippen molar-refractivity contribution in [2.75, 3.05) is 18.4 Å². The van der Waals surface area contributed by atoms with Gasteiger partial charge in [-0.15, -0.1) is 0 Å². The van der Waals surface area contributed by atoms with E-state index in [0.717, 1.165) is 0 Å². The van der Waals surface area contributed by atoms with Crippen LogP contribution in [0.2, 0.25) is 0 Å². The lowest BCUT2D eigenvalue weighted by Gasteiger charge is -2.44. The third-order valence-corrected chi connectivity index (χ3v) is 6.17. The van der Waals surface area contributed by atoms with E-state index in [0.29, 0.717) is 17.7 Å². The number of rotatable bonds is 3. The van der Waals surface area contributed by atoms with Crippen molar-refractivity contribution < 1.29 is 18.3 Å². The van der Waals surface area contributed by atoms with E-state index in [4.69, 9.17) is 0 Å². The van der Waals surface area contributed by atoms with Crippen molar-refractivity contribution in [1.82, 2.24) is 4.31 Å². The summed E-state index contributed by atoms with van der Waals surface area (Å²) in [6.07, 6.45) is 0.526. The van der Waals surface area contributed by atoms with Crippen molar-refractivity contribution in [3.63, 3.8) is 0 Å². The maximum absolute atomic E-state index is 12.5. The van der Waals surface area contributed by atoms with Gasteiger partial charge in [0.2, 0.25) is 15.9 Å². The van der Waals surface area contributed by atoms with Crippen LogP contribution in [0.3, 0.4) is 0 Å². The number of amides is 1. The minimum atomic E-state index is -3.61. The number of hydrogen-bond acceptors (Lipinski definition) is 4. The van der Waals surface area contributed by atoms with Gasteiger partial charge in [-0.25, -0.2) is 8.42 Å². The first-order valence-corrected chi connectivity index (χ1v) is 8.38. The predicted molar refractivity (Wildman–Crippen MR) is 77.5 cm³/mol. The average molecular weight is 310 g/mol. The van der Waals surface area contributed by atoms with Crippen molar-refractivity contribution in [2.24, 2.45) is 0 Å². The topological polar surface area (TPSA) is 86.7 Å². The summed E-state index contributed by atoms with van der Waals surface area (Å²) in [7, 11) is -3.61. The van der Waals surface area contributed by atoms with Gasteiger partial charge in [0.1, 0.15) is 0 Å². The van der Waals surface area contributed by atoms with Crippen LogP contribution in [0.1, 0.15) is 31.7 Å². The molecule has 0 aliphatic carbocycles. The molecule has 3 rings (SSSR count). The molecule has 2 aliphatic rings. The third-order valence-electron chi connectivity index (χ3n) is 4.38. The highest BCUT2D eigenvalue weighted by Gasteiger charge is 2.46. The lowest BCUT2D eigenvalue weighted by atomic mass is 9.94. The second-order valence-electron chi connectivity index (χ2n) is 5.81. The molecule has 1 fully saturated rings. The Kier molecular flexibility index (Phi) is 3.12. The lowest BCUT2D eigenvalue weighted by Crippen LogP contribution is -2.62. The number of carbonyl (C=O) groups excluding carboxylic acids is 1. The summed E-state index contributed by atoms with van der Waals surface area (Å²) in [4.78, 5) is 11.8.